The van der Waals surface area contributed by atoms with Gasteiger partial charge in [-0.3, -0.25) is 4.90 Å². The van der Waals surface area contributed by atoms with Crippen LogP contribution in [0.1, 0.15) is 49.7 Å². The molecule has 1 saturated heterocycles. The highest BCUT2D eigenvalue weighted by Gasteiger charge is 2.26. The molecule has 104 valence electrons. The van der Waals surface area contributed by atoms with E-state index in [0.29, 0.717) is 6.04 Å². The summed E-state index contributed by atoms with van der Waals surface area (Å²) in [6.45, 7) is 5.44. The van der Waals surface area contributed by atoms with E-state index in [1.54, 1.807) is 5.56 Å². The molecule has 2 aliphatic rings. The van der Waals surface area contributed by atoms with Crippen LogP contribution < -0.4 is 5.73 Å². The Kier molecular flexibility index (Phi) is 3.90. The zero-order chi connectivity index (χ0) is 13.2. The highest BCUT2D eigenvalue weighted by Crippen LogP contribution is 2.40. The van der Waals surface area contributed by atoms with Crippen molar-refractivity contribution in [2.75, 3.05) is 13.1 Å². The largest absolute Gasteiger partial charge is 0.329 e. The standard InChI is InChI=1S/C17H26N2/c1-13-7-8-19(17(9-13)11-18)12-14-3-2-4-16(10-14)15-5-6-15/h2-4,10,13,15,17H,5-9,11-12,18H2,1H3. The molecular formula is C17H26N2. The Morgan fingerprint density at radius 1 is 1.26 bits per heavy atom. The first-order chi connectivity index (χ1) is 9.26. The summed E-state index contributed by atoms with van der Waals surface area (Å²) in [5.41, 5.74) is 8.97. The van der Waals surface area contributed by atoms with Crippen molar-refractivity contribution in [1.29, 1.82) is 0 Å². The maximum Gasteiger partial charge on any atom is 0.0237 e. The van der Waals surface area contributed by atoms with E-state index in [2.05, 4.69) is 36.1 Å². The van der Waals surface area contributed by atoms with Crippen molar-refractivity contribution in [3.8, 4) is 0 Å². The minimum absolute atomic E-state index is 0.577. The Morgan fingerprint density at radius 3 is 2.84 bits per heavy atom. The van der Waals surface area contributed by atoms with E-state index in [-0.39, 0.29) is 0 Å². The molecule has 3 rings (SSSR count). The quantitative estimate of drug-likeness (QED) is 0.899. The molecule has 19 heavy (non-hydrogen) atoms. The SMILES string of the molecule is CC1CCN(Cc2cccc(C3CC3)c2)C(CN)C1. The number of piperidine rings is 1. The molecule has 2 N–H and O–H groups in total. The Balaban J connectivity index is 1.67. The molecule has 2 heteroatoms. The maximum absolute atomic E-state index is 5.96. The summed E-state index contributed by atoms with van der Waals surface area (Å²) >= 11 is 0. The van der Waals surface area contributed by atoms with Crippen LogP contribution in [0.25, 0.3) is 0 Å². The van der Waals surface area contributed by atoms with E-state index in [1.807, 2.05) is 0 Å². The van der Waals surface area contributed by atoms with Gasteiger partial charge in [0.1, 0.15) is 0 Å². The summed E-state index contributed by atoms with van der Waals surface area (Å²) in [7, 11) is 0. The van der Waals surface area contributed by atoms with Crippen LogP contribution in [-0.4, -0.2) is 24.0 Å². The van der Waals surface area contributed by atoms with Crippen molar-refractivity contribution in [2.45, 2.75) is 51.1 Å². The predicted octanol–water partition coefficient (Wildman–Crippen LogP) is 3.12. The monoisotopic (exact) mass is 258 g/mol. The first-order valence-electron chi connectivity index (χ1n) is 7.79. The van der Waals surface area contributed by atoms with Gasteiger partial charge in [-0.15, -0.1) is 0 Å². The topological polar surface area (TPSA) is 29.3 Å². The second-order valence-electron chi connectivity index (χ2n) is 6.51. The summed E-state index contributed by atoms with van der Waals surface area (Å²) in [5.74, 6) is 1.69. The van der Waals surface area contributed by atoms with E-state index >= 15 is 0 Å². The minimum atomic E-state index is 0.577. The van der Waals surface area contributed by atoms with Crippen LogP contribution in [0.5, 0.6) is 0 Å². The van der Waals surface area contributed by atoms with Gasteiger partial charge in [-0.1, -0.05) is 31.2 Å². The molecule has 0 spiro atoms. The van der Waals surface area contributed by atoms with Crippen molar-refractivity contribution < 1.29 is 0 Å². The summed E-state index contributed by atoms with van der Waals surface area (Å²) in [6, 6.07) is 9.79. The number of likely N-dealkylation sites (tertiary alicyclic amines) is 1. The zero-order valence-corrected chi connectivity index (χ0v) is 12.0. The highest BCUT2D eigenvalue weighted by molar-refractivity contribution is 5.29. The third kappa shape index (κ3) is 3.18. The second kappa shape index (κ2) is 5.64. The van der Waals surface area contributed by atoms with Gasteiger partial charge in [0, 0.05) is 19.1 Å². The summed E-state index contributed by atoms with van der Waals surface area (Å²) in [6.07, 6.45) is 5.35. The van der Waals surface area contributed by atoms with Crippen molar-refractivity contribution in [1.82, 2.24) is 4.90 Å². The van der Waals surface area contributed by atoms with Gasteiger partial charge in [0.05, 0.1) is 0 Å². The average molecular weight is 258 g/mol. The molecule has 2 unspecified atom stereocenters. The van der Waals surface area contributed by atoms with E-state index in [1.165, 1.54) is 37.8 Å². The van der Waals surface area contributed by atoms with Gasteiger partial charge in [0.2, 0.25) is 0 Å². The Morgan fingerprint density at radius 2 is 2.11 bits per heavy atom. The third-order valence-corrected chi connectivity index (χ3v) is 4.76. The first-order valence-corrected chi connectivity index (χ1v) is 7.79. The number of hydrogen-bond acceptors (Lipinski definition) is 2. The second-order valence-corrected chi connectivity index (χ2v) is 6.51. The fraction of sp³-hybridized carbons (Fsp3) is 0.647. The summed E-state index contributed by atoms with van der Waals surface area (Å²) < 4.78 is 0. The number of rotatable bonds is 4. The number of nitrogens with two attached hydrogens (primary N) is 1. The lowest BCUT2D eigenvalue weighted by Crippen LogP contribution is -2.45. The molecule has 1 heterocycles. The van der Waals surface area contributed by atoms with E-state index in [0.717, 1.165) is 24.9 Å². The molecule has 1 aromatic rings. The Hall–Kier alpha value is -0.860. The van der Waals surface area contributed by atoms with E-state index < -0.39 is 0 Å². The molecule has 0 bridgehead atoms. The van der Waals surface area contributed by atoms with Crippen molar-refractivity contribution in [3.63, 3.8) is 0 Å². The maximum atomic E-state index is 5.96. The minimum Gasteiger partial charge on any atom is -0.329 e. The van der Waals surface area contributed by atoms with Gasteiger partial charge in [0.15, 0.2) is 0 Å². The molecule has 1 saturated carbocycles. The number of benzene rings is 1. The van der Waals surface area contributed by atoms with Crippen LogP contribution >= 0.6 is 0 Å². The van der Waals surface area contributed by atoms with Gasteiger partial charge in [-0.25, -0.2) is 0 Å². The van der Waals surface area contributed by atoms with Crippen molar-refractivity contribution in [3.05, 3.63) is 35.4 Å². The zero-order valence-electron chi connectivity index (χ0n) is 12.0. The number of nitrogens with zero attached hydrogens (tertiary/aromatic N) is 1. The molecule has 0 aromatic heterocycles. The Bertz CT molecular complexity index is 425. The normalized spacial score (nSPS) is 28.5. The van der Waals surface area contributed by atoms with Crippen molar-refractivity contribution in [2.24, 2.45) is 11.7 Å². The van der Waals surface area contributed by atoms with Crippen LogP contribution in [0.15, 0.2) is 24.3 Å². The molecule has 0 radical (unpaired) electrons. The van der Waals surface area contributed by atoms with Gasteiger partial charge >= 0.3 is 0 Å². The van der Waals surface area contributed by atoms with Crippen LogP contribution in [0.3, 0.4) is 0 Å². The molecule has 1 aliphatic carbocycles. The van der Waals surface area contributed by atoms with Gasteiger partial charge in [0.25, 0.3) is 0 Å². The van der Waals surface area contributed by atoms with E-state index in [9.17, 15) is 0 Å². The molecule has 2 atom stereocenters. The van der Waals surface area contributed by atoms with E-state index in [4.69, 9.17) is 5.73 Å². The van der Waals surface area contributed by atoms with Gasteiger partial charge in [-0.2, -0.15) is 0 Å². The van der Waals surface area contributed by atoms with Gasteiger partial charge < -0.3 is 5.73 Å². The van der Waals surface area contributed by atoms with Crippen LogP contribution in [0.2, 0.25) is 0 Å². The summed E-state index contributed by atoms with van der Waals surface area (Å²) in [4.78, 5) is 2.59. The fourth-order valence-corrected chi connectivity index (χ4v) is 3.35. The van der Waals surface area contributed by atoms with Crippen LogP contribution in [0, 0.1) is 5.92 Å². The molecule has 2 nitrogen and oxygen atoms in total. The van der Waals surface area contributed by atoms with Crippen LogP contribution in [-0.2, 0) is 6.54 Å². The predicted molar refractivity (Wildman–Crippen MR) is 80.1 cm³/mol. The Labute approximate surface area is 117 Å². The lowest BCUT2D eigenvalue weighted by molar-refractivity contribution is 0.115. The van der Waals surface area contributed by atoms with Gasteiger partial charge in [-0.05, 0) is 55.2 Å². The van der Waals surface area contributed by atoms with Crippen molar-refractivity contribution >= 4 is 0 Å². The first kappa shape index (κ1) is 13.1. The lowest BCUT2D eigenvalue weighted by Gasteiger charge is -2.38. The smallest absolute Gasteiger partial charge is 0.0237 e. The van der Waals surface area contributed by atoms with Crippen LogP contribution in [0.4, 0.5) is 0 Å². The lowest BCUT2D eigenvalue weighted by atomic mass is 9.92. The molecular weight excluding hydrogens is 232 g/mol. The number of hydrogen-bond donors (Lipinski definition) is 1. The molecule has 2 fully saturated rings. The molecule has 0 amide bonds. The molecule has 1 aliphatic heterocycles. The average Bonchev–Trinajstić information content (AvgIpc) is 3.25. The fourth-order valence-electron chi connectivity index (χ4n) is 3.35. The molecule has 1 aromatic carbocycles. The highest BCUT2D eigenvalue weighted by atomic mass is 15.2. The summed E-state index contributed by atoms with van der Waals surface area (Å²) in [5, 5.41) is 0. The third-order valence-electron chi connectivity index (χ3n) is 4.76.